The molecule has 0 aromatic heterocycles. The number of nitrogens with zero attached hydrogens (tertiary/aromatic N) is 3. The first kappa shape index (κ1) is 20.7. The molecule has 1 aromatic carbocycles. The zero-order valence-corrected chi connectivity index (χ0v) is 17.5. The highest BCUT2D eigenvalue weighted by atomic mass is 16.2. The second kappa shape index (κ2) is 9.94. The SMILES string of the molecule is CCN(CC)C(=O)N1CCC(C(=O)N2CCC(Cc3ccccc3)CC2)CC1. The lowest BCUT2D eigenvalue weighted by Gasteiger charge is -2.38. The molecule has 5 nitrogen and oxygen atoms in total. The van der Waals surface area contributed by atoms with Crippen molar-refractivity contribution in [3.63, 3.8) is 0 Å². The molecule has 154 valence electrons. The van der Waals surface area contributed by atoms with Gasteiger partial charge in [-0.25, -0.2) is 4.79 Å². The van der Waals surface area contributed by atoms with E-state index in [4.69, 9.17) is 0 Å². The number of urea groups is 1. The summed E-state index contributed by atoms with van der Waals surface area (Å²) in [6.45, 7) is 8.69. The van der Waals surface area contributed by atoms with Gasteiger partial charge in [0.05, 0.1) is 0 Å². The van der Waals surface area contributed by atoms with Gasteiger partial charge in [-0.3, -0.25) is 4.79 Å². The average molecular weight is 386 g/mol. The number of hydrogen-bond acceptors (Lipinski definition) is 2. The van der Waals surface area contributed by atoms with Gasteiger partial charge < -0.3 is 14.7 Å². The molecule has 0 N–H and O–H groups in total. The summed E-state index contributed by atoms with van der Waals surface area (Å²) >= 11 is 0. The predicted molar refractivity (Wildman–Crippen MR) is 112 cm³/mol. The molecule has 0 radical (unpaired) electrons. The molecule has 0 bridgehead atoms. The molecule has 2 fully saturated rings. The first-order valence-corrected chi connectivity index (χ1v) is 11.0. The molecule has 0 atom stereocenters. The largest absolute Gasteiger partial charge is 0.342 e. The number of benzene rings is 1. The second-order valence-corrected chi connectivity index (χ2v) is 8.17. The zero-order chi connectivity index (χ0) is 19.9. The van der Waals surface area contributed by atoms with E-state index in [0.29, 0.717) is 24.9 Å². The van der Waals surface area contributed by atoms with E-state index in [1.165, 1.54) is 5.56 Å². The summed E-state index contributed by atoms with van der Waals surface area (Å²) in [5, 5.41) is 0. The van der Waals surface area contributed by atoms with Crippen molar-refractivity contribution in [2.24, 2.45) is 11.8 Å². The highest BCUT2D eigenvalue weighted by Gasteiger charge is 2.32. The molecule has 2 saturated heterocycles. The van der Waals surface area contributed by atoms with Gasteiger partial charge in [-0.15, -0.1) is 0 Å². The van der Waals surface area contributed by atoms with Crippen LogP contribution in [0.25, 0.3) is 0 Å². The molecule has 3 rings (SSSR count). The number of piperidine rings is 2. The number of rotatable bonds is 5. The molecule has 28 heavy (non-hydrogen) atoms. The van der Waals surface area contributed by atoms with E-state index in [9.17, 15) is 9.59 Å². The van der Waals surface area contributed by atoms with Crippen molar-refractivity contribution in [2.75, 3.05) is 39.3 Å². The molecule has 0 aliphatic carbocycles. The number of likely N-dealkylation sites (tertiary alicyclic amines) is 2. The Hall–Kier alpha value is -2.04. The van der Waals surface area contributed by atoms with Gasteiger partial charge in [0.2, 0.25) is 5.91 Å². The van der Waals surface area contributed by atoms with Gasteiger partial charge in [0.15, 0.2) is 0 Å². The summed E-state index contributed by atoms with van der Waals surface area (Å²) < 4.78 is 0. The van der Waals surface area contributed by atoms with Gasteiger partial charge in [-0.2, -0.15) is 0 Å². The van der Waals surface area contributed by atoms with E-state index < -0.39 is 0 Å². The lowest BCUT2D eigenvalue weighted by molar-refractivity contribution is -0.138. The van der Waals surface area contributed by atoms with Crippen LogP contribution in [0.1, 0.15) is 45.1 Å². The third-order valence-electron chi connectivity index (χ3n) is 6.44. The minimum absolute atomic E-state index is 0.0893. The standard InChI is InChI=1S/C23H35N3O2/c1-3-24(4-2)23(28)26-16-12-21(13-17-26)22(27)25-14-10-20(11-15-25)18-19-8-6-5-7-9-19/h5-9,20-21H,3-4,10-18H2,1-2H3. The van der Waals surface area contributed by atoms with Gasteiger partial charge in [0.25, 0.3) is 0 Å². The van der Waals surface area contributed by atoms with E-state index in [1.54, 1.807) is 0 Å². The number of hydrogen-bond donors (Lipinski definition) is 0. The molecule has 0 unspecified atom stereocenters. The first-order valence-electron chi connectivity index (χ1n) is 11.0. The predicted octanol–water partition coefficient (Wildman–Crippen LogP) is 3.64. The summed E-state index contributed by atoms with van der Waals surface area (Å²) in [6, 6.07) is 10.8. The summed E-state index contributed by atoms with van der Waals surface area (Å²) in [5.41, 5.74) is 1.40. The number of carbonyl (C=O) groups is 2. The fourth-order valence-electron chi connectivity index (χ4n) is 4.57. The molecule has 1 aromatic rings. The number of amides is 3. The maximum absolute atomic E-state index is 13.0. The molecule has 2 aliphatic heterocycles. The van der Waals surface area contributed by atoms with Crippen molar-refractivity contribution in [1.82, 2.24) is 14.7 Å². The number of carbonyl (C=O) groups excluding carboxylic acids is 2. The highest BCUT2D eigenvalue weighted by molar-refractivity contribution is 5.80. The Morgan fingerprint density at radius 1 is 0.893 bits per heavy atom. The zero-order valence-electron chi connectivity index (χ0n) is 17.5. The smallest absolute Gasteiger partial charge is 0.319 e. The van der Waals surface area contributed by atoms with E-state index in [2.05, 4.69) is 35.2 Å². The van der Waals surface area contributed by atoms with Crippen LogP contribution >= 0.6 is 0 Å². The van der Waals surface area contributed by atoms with Crippen molar-refractivity contribution in [2.45, 2.75) is 46.0 Å². The van der Waals surface area contributed by atoms with Crippen LogP contribution in [0.4, 0.5) is 4.79 Å². The molecule has 0 spiro atoms. The Kier molecular flexibility index (Phi) is 7.35. The maximum Gasteiger partial charge on any atom is 0.319 e. The Balaban J connectivity index is 1.43. The van der Waals surface area contributed by atoms with E-state index in [1.807, 2.05) is 23.6 Å². The van der Waals surface area contributed by atoms with Gasteiger partial charge in [0.1, 0.15) is 0 Å². The summed E-state index contributed by atoms with van der Waals surface area (Å²) in [4.78, 5) is 31.3. The van der Waals surface area contributed by atoms with E-state index in [-0.39, 0.29) is 11.9 Å². The van der Waals surface area contributed by atoms with E-state index in [0.717, 1.165) is 58.3 Å². The van der Waals surface area contributed by atoms with Gasteiger partial charge in [-0.05, 0) is 57.4 Å². The monoisotopic (exact) mass is 385 g/mol. The van der Waals surface area contributed by atoms with Crippen LogP contribution in [-0.2, 0) is 11.2 Å². The Bertz CT molecular complexity index is 629. The fourth-order valence-corrected chi connectivity index (χ4v) is 4.57. The lowest BCUT2D eigenvalue weighted by atomic mass is 9.88. The van der Waals surface area contributed by atoms with Crippen LogP contribution in [0.2, 0.25) is 0 Å². The third kappa shape index (κ3) is 5.06. The Labute approximate surface area is 169 Å². The lowest BCUT2D eigenvalue weighted by Crippen LogP contribution is -2.49. The highest BCUT2D eigenvalue weighted by Crippen LogP contribution is 2.26. The molecular weight excluding hydrogens is 350 g/mol. The second-order valence-electron chi connectivity index (χ2n) is 8.17. The summed E-state index contributed by atoms with van der Waals surface area (Å²) in [6.07, 6.45) is 4.92. The van der Waals surface area contributed by atoms with Crippen LogP contribution in [0.5, 0.6) is 0 Å². The molecule has 0 saturated carbocycles. The van der Waals surface area contributed by atoms with Crippen molar-refractivity contribution >= 4 is 11.9 Å². The van der Waals surface area contributed by atoms with Gasteiger partial charge in [-0.1, -0.05) is 30.3 Å². The summed E-state index contributed by atoms with van der Waals surface area (Å²) in [5.74, 6) is 1.08. The fraction of sp³-hybridized carbons (Fsp3) is 0.652. The maximum atomic E-state index is 13.0. The normalized spacial score (nSPS) is 18.9. The Morgan fingerprint density at radius 2 is 1.46 bits per heavy atom. The van der Waals surface area contributed by atoms with E-state index >= 15 is 0 Å². The van der Waals surface area contributed by atoms with Crippen molar-refractivity contribution < 1.29 is 9.59 Å². The third-order valence-corrected chi connectivity index (χ3v) is 6.44. The van der Waals surface area contributed by atoms with Gasteiger partial charge >= 0.3 is 6.03 Å². The quantitative estimate of drug-likeness (QED) is 0.777. The molecule has 5 heteroatoms. The van der Waals surface area contributed by atoms with Crippen molar-refractivity contribution in [3.8, 4) is 0 Å². The summed E-state index contributed by atoms with van der Waals surface area (Å²) in [7, 11) is 0. The minimum Gasteiger partial charge on any atom is -0.342 e. The average Bonchev–Trinajstić information content (AvgIpc) is 2.75. The van der Waals surface area contributed by atoms with Crippen molar-refractivity contribution in [3.05, 3.63) is 35.9 Å². The molecule has 3 amide bonds. The molecular formula is C23H35N3O2. The molecule has 2 heterocycles. The van der Waals surface area contributed by atoms with Crippen LogP contribution in [0.15, 0.2) is 30.3 Å². The first-order chi connectivity index (χ1) is 13.6. The Morgan fingerprint density at radius 3 is 2.04 bits per heavy atom. The van der Waals surface area contributed by atoms with Crippen LogP contribution in [0, 0.1) is 11.8 Å². The topological polar surface area (TPSA) is 43.9 Å². The van der Waals surface area contributed by atoms with Crippen LogP contribution in [0.3, 0.4) is 0 Å². The van der Waals surface area contributed by atoms with Gasteiger partial charge in [0, 0.05) is 45.2 Å². The van der Waals surface area contributed by atoms with Crippen LogP contribution in [-0.4, -0.2) is 65.9 Å². The minimum atomic E-state index is 0.0893. The molecule has 2 aliphatic rings. The van der Waals surface area contributed by atoms with Crippen LogP contribution < -0.4 is 0 Å². The van der Waals surface area contributed by atoms with Crippen molar-refractivity contribution in [1.29, 1.82) is 0 Å².